The maximum Gasteiger partial charge on any atom is 0.417 e. The maximum atomic E-state index is 13.2. The summed E-state index contributed by atoms with van der Waals surface area (Å²) >= 11 is 6.05. The smallest absolute Gasteiger partial charge is 0.417 e. The molecule has 3 rings (SSSR count). The third-order valence-corrected chi connectivity index (χ3v) is 4.41. The number of halogens is 4. The highest BCUT2D eigenvalue weighted by Gasteiger charge is 2.34. The number of hydrogen-bond acceptors (Lipinski definition) is 3. The molecule has 4 nitrogen and oxygen atoms in total. The quantitative estimate of drug-likeness (QED) is 0.594. The lowest BCUT2D eigenvalue weighted by Gasteiger charge is -2.17. The lowest BCUT2D eigenvalue weighted by atomic mass is 10.1. The molecule has 0 fully saturated rings. The highest BCUT2D eigenvalue weighted by atomic mass is 35.5. The maximum absolute atomic E-state index is 13.2. The monoisotopic (exact) mass is 408 g/mol. The van der Waals surface area contributed by atoms with Crippen LogP contribution in [0, 0.1) is 0 Å². The summed E-state index contributed by atoms with van der Waals surface area (Å²) < 4.78 is 46.6. The molecule has 2 aromatic carbocycles. The highest BCUT2D eigenvalue weighted by Crippen LogP contribution is 2.39. The van der Waals surface area contributed by atoms with Gasteiger partial charge in [-0.3, -0.25) is 4.79 Å². The van der Waals surface area contributed by atoms with Gasteiger partial charge in [-0.15, -0.1) is 0 Å². The number of benzene rings is 2. The van der Waals surface area contributed by atoms with E-state index >= 15 is 0 Å². The molecule has 0 unspecified atom stereocenters. The van der Waals surface area contributed by atoms with Crippen LogP contribution in [0.1, 0.15) is 18.1 Å². The Balaban J connectivity index is 2.20. The lowest BCUT2D eigenvalue weighted by Crippen LogP contribution is -2.19. The van der Waals surface area contributed by atoms with Crippen molar-refractivity contribution in [2.45, 2.75) is 19.6 Å². The lowest BCUT2D eigenvalue weighted by molar-refractivity contribution is -0.137. The van der Waals surface area contributed by atoms with Crippen molar-refractivity contribution in [2.75, 3.05) is 6.61 Å². The first-order valence-electron chi connectivity index (χ1n) is 8.45. The van der Waals surface area contributed by atoms with E-state index in [1.54, 1.807) is 11.5 Å². The second-order valence-electron chi connectivity index (χ2n) is 5.95. The standard InChI is InChI=1S/C20H16ClF3N2O2/c1-2-28-16-12-26(11-13-7-4-3-5-8-13)18(25-19(16)27)14-9-6-10-15(17(14)21)20(22,23)24/h3-10,12H,2,11H2,1H3. The van der Waals surface area contributed by atoms with Crippen LogP contribution in [0.2, 0.25) is 5.02 Å². The average molecular weight is 409 g/mol. The predicted molar refractivity (Wildman–Crippen MR) is 101 cm³/mol. The SMILES string of the molecule is CCOc1cn(Cc2ccccc2)c(-c2cccc(C(F)(F)F)c2Cl)nc1=O. The van der Waals surface area contributed by atoms with Gasteiger partial charge in [0, 0.05) is 12.1 Å². The molecule has 28 heavy (non-hydrogen) atoms. The third-order valence-electron chi connectivity index (χ3n) is 4.00. The molecule has 3 aromatic rings. The van der Waals surface area contributed by atoms with Crippen molar-refractivity contribution in [3.63, 3.8) is 0 Å². The van der Waals surface area contributed by atoms with Crippen LogP contribution < -0.4 is 10.3 Å². The molecule has 0 bridgehead atoms. The van der Waals surface area contributed by atoms with E-state index in [0.29, 0.717) is 0 Å². The summed E-state index contributed by atoms with van der Waals surface area (Å²) in [4.78, 5) is 16.3. The molecule has 1 heterocycles. The Morgan fingerprint density at radius 2 is 1.82 bits per heavy atom. The fourth-order valence-corrected chi connectivity index (χ4v) is 3.08. The van der Waals surface area contributed by atoms with Gasteiger partial charge in [-0.25, -0.2) is 0 Å². The minimum atomic E-state index is -4.62. The first-order chi connectivity index (χ1) is 13.3. The summed E-state index contributed by atoms with van der Waals surface area (Å²) in [6.45, 7) is 2.25. The summed E-state index contributed by atoms with van der Waals surface area (Å²) in [6.07, 6.45) is -3.18. The van der Waals surface area contributed by atoms with E-state index in [1.165, 1.54) is 18.3 Å². The fourth-order valence-electron chi connectivity index (χ4n) is 2.77. The molecule has 0 saturated carbocycles. The van der Waals surface area contributed by atoms with Crippen LogP contribution in [-0.4, -0.2) is 16.2 Å². The summed E-state index contributed by atoms with van der Waals surface area (Å²) in [7, 11) is 0. The van der Waals surface area contributed by atoms with Gasteiger partial charge in [-0.2, -0.15) is 18.2 Å². The Labute approximate surface area is 164 Å². The number of alkyl halides is 3. The summed E-state index contributed by atoms with van der Waals surface area (Å²) in [5, 5.41) is -0.507. The van der Waals surface area contributed by atoms with E-state index in [1.807, 2.05) is 30.3 Å². The third kappa shape index (κ3) is 4.20. The van der Waals surface area contributed by atoms with Gasteiger partial charge in [0.25, 0.3) is 0 Å². The molecule has 0 aliphatic carbocycles. The predicted octanol–water partition coefficient (Wildman–Crippen LogP) is 5.03. The van der Waals surface area contributed by atoms with Gasteiger partial charge < -0.3 is 9.30 Å². The fraction of sp³-hybridized carbons (Fsp3) is 0.200. The number of ether oxygens (including phenoxy) is 1. The number of hydrogen-bond donors (Lipinski definition) is 0. The van der Waals surface area contributed by atoms with Gasteiger partial charge in [-0.1, -0.05) is 48.0 Å². The van der Waals surface area contributed by atoms with Crippen LogP contribution in [0.5, 0.6) is 5.75 Å². The van der Waals surface area contributed by atoms with Crippen LogP contribution >= 0.6 is 11.6 Å². The van der Waals surface area contributed by atoms with Crippen molar-refractivity contribution in [1.29, 1.82) is 0 Å². The van der Waals surface area contributed by atoms with E-state index in [2.05, 4.69) is 4.98 Å². The zero-order chi connectivity index (χ0) is 20.3. The average Bonchev–Trinajstić information content (AvgIpc) is 2.65. The van der Waals surface area contributed by atoms with Crippen LogP contribution in [0.25, 0.3) is 11.4 Å². The molecule has 8 heteroatoms. The van der Waals surface area contributed by atoms with Crippen molar-refractivity contribution >= 4 is 11.6 Å². The van der Waals surface area contributed by atoms with Gasteiger partial charge in [0.1, 0.15) is 5.82 Å². The van der Waals surface area contributed by atoms with E-state index < -0.39 is 22.3 Å². The number of nitrogens with zero attached hydrogens (tertiary/aromatic N) is 2. The molecular weight excluding hydrogens is 393 g/mol. The van der Waals surface area contributed by atoms with Crippen molar-refractivity contribution < 1.29 is 17.9 Å². The molecule has 0 radical (unpaired) electrons. The minimum Gasteiger partial charge on any atom is -0.487 e. The summed E-state index contributed by atoms with van der Waals surface area (Å²) in [6, 6.07) is 12.8. The molecule has 0 atom stereocenters. The Morgan fingerprint density at radius 1 is 1.11 bits per heavy atom. The first kappa shape index (κ1) is 19.9. The largest absolute Gasteiger partial charge is 0.487 e. The number of rotatable bonds is 5. The number of aromatic nitrogens is 2. The highest BCUT2D eigenvalue weighted by molar-refractivity contribution is 6.34. The van der Waals surface area contributed by atoms with Crippen LogP contribution in [-0.2, 0) is 12.7 Å². The van der Waals surface area contributed by atoms with Gasteiger partial charge in [0.15, 0.2) is 0 Å². The van der Waals surface area contributed by atoms with Crippen molar-refractivity contribution in [3.8, 4) is 17.1 Å². The molecule has 0 amide bonds. The second kappa shape index (κ2) is 8.06. The zero-order valence-electron chi connectivity index (χ0n) is 14.8. The van der Waals surface area contributed by atoms with Crippen molar-refractivity contribution in [2.24, 2.45) is 0 Å². The van der Waals surface area contributed by atoms with Crippen LogP contribution in [0.4, 0.5) is 13.2 Å². The molecule has 0 saturated heterocycles. The van der Waals surface area contributed by atoms with Crippen LogP contribution in [0.3, 0.4) is 0 Å². The summed E-state index contributed by atoms with van der Waals surface area (Å²) in [5.41, 5.74) is -0.761. The van der Waals surface area contributed by atoms with Gasteiger partial charge in [-0.05, 0) is 24.6 Å². The van der Waals surface area contributed by atoms with Gasteiger partial charge in [0.2, 0.25) is 5.75 Å². The summed E-state index contributed by atoms with van der Waals surface area (Å²) in [5.74, 6) is 0.0543. The van der Waals surface area contributed by atoms with Gasteiger partial charge in [0.05, 0.1) is 23.4 Å². The molecule has 0 aliphatic heterocycles. The van der Waals surface area contributed by atoms with Crippen molar-refractivity contribution in [3.05, 3.63) is 81.2 Å². The minimum absolute atomic E-state index is 0.0188. The molecule has 146 valence electrons. The molecular formula is C20H16ClF3N2O2. The molecule has 0 N–H and O–H groups in total. The van der Waals surface area contributed by atoms with E-state index in [9.17, 15) is 18.0 Å². The Hall–Kier alpha value is -2.80. The normalized spacial score (nSPS) is 11.5. The Bertz CT molecular complexity index is 1030. The van der Waals surface area contributed by atoms with Gasteiger partial charge >= 0.3 is 11.7 Å². The van der Waals surface area contributed by atoms with E-state index in [-0.39, 0.29) is 30.3 Å². The van der Waals surface area contributed by atoms with E-state index in [0.717, 1.165) is 11.6 Å². The molecule has 0 aliphatic rings. The Morgan fingerprint density at radius 3 is 2.46 bits per heavy atom. The molecule has 1 aromatic heterocycles. The van der Waals surface area contributed by atoms with E-state index in [4.69, 9.17) is 16.3 Å². The second-order valence-corrected chi connectivity index (χ2v) is 6.32. The van der Waals surface area contributed by atoms with Crippen molar-refractivity contribution in [1.82, 2.24) is 9.55 Å². The Kier molecular flexibility index (Phi) is 5.74. The van der Waals surface area contributed by atoms with Crippen LogP contribution in [0.15, 0.2) is 59.5 Å². The zero-order valence-corrected chi connectivity index (χ0v) is 15.6. The molecule has 0 spiro atoms. The topological polar surface area (TPSA) is 44.1 Å². The first-order valence-corrected chi connectivity index (χ1v) is 8.83.